The highest BCUT2D eigenvalue weighted by molar-refractivity contribution is 7.91. The number of amides is 3. The van der Waals surface area contributed by atoms with Crippen LogP contribution in [0.3, 0.4) is 0 Å². The van der Waals surface area contributed by atoms with E-state index in [1.165, 1.54) is 41.7 Å². The highest BCUT2D eigenvalue weighted by Crippen LogP contribution is 2.33. The number of hydrogen-bond acceptors (Lipinski definition) is 6. The zero-order chi connectivity index (χ0) is 20.9. The number of hydrogen-bond donors (Lipinski definition) is 1. The highest BCUT2D eigenvalue weighted by Gasteiger charge is 2.40. The van der Waals surface area contributed by atoms with Gasteiger partial charge in [-0.05, 0) is 43.2 Å². The summed E-state index contributed by atoms with van der Waals surface area (Å²) in [7, 11) is -2.45. The number of carbonyl (C=O) groups is 3. The number of anilines is 1. The van der Waals surface area contributed by atoms with Crippen molar-refractivity contribution in [2.45, 2.75) is 23.1 Å². The maximum Gasteiger partial charge on any atom is 0.261 e. The summed E-state index contributed by atoms with van der Waals surface area (Å²) in [6.45, 7) is 0.234. The highest BCUT2D eigenvalue weighted by atomic mass is 35.5. The number of carbonyl (C=O) groups excluding carboxylic acids is 3. The molecule has 29 heavy (non-hydrogen) atoms. The van der Waals surface area contributed by atoms with Gasteiger partial charge in [-0.1, -0.05) is 11.6 Å². The number of imide groups is 1. The van der Waals surface area contributed by atoms with Crippen LogP contribution in [0.15, 0.2) is 34.5 Å². The van der Waals surface area contributed by atoms with Crippen molar-refractivity contribution in [3.63, 3.8) is 0 Å². The molecule has 0 bridgehead atoms. The largest absolute Gasteiger partial charge is 0.325 e. The number of rotatable bonds is 4. The van der Waals surface area contributed by atoms with Crippen molar-refractivity contribution in [3.05, 3.63) is 45.8 Å². The standard InChI is InChI=1S/C18H16ClN3O5S2/c1-21-17(24)11-5-4-10(9-12(11)18(21)25)20-16(23)13-3-2-8-22(13)29(26,27)15-7-6-14(19)28-15/h4-7,9,13H,2-3,8H2,1H3,(H,20,23)/t13-/m1/s1. The Morgan fingerprint density at radius 3 is 2.59 bits per heavy atom. The Morgan fingerprint density at radius 2 is 1.90 bits per heavy atom. The SMILES string of the molecule is CN1C(=O)c2ccc(NC(=O)[C@H]3CCCN3S(=O)(=O)c3ccc(Cl)s3)cc2C1=O. The van der Waals surface area contributed by atoms with E-state index in [4.69, 9.17) is 11.6 Å². The van der Waals surface area contributed by atoms with Gasteiger partial charge in [-0.3, -0.25) is 19.3 Å². The molecular weight excluding hydrogens is 438 g/mol. The molecule has 3 heterocycles. The summed E-state index contributed by atoms with van der Waals surface area (Å²) >= 11 is 6.80. The molecule has 0 unspecified atom stereocenters. The molecule has 3 amide bonds. The lowest BCUT2D eigenvalue weighted by Gasteiger charge is -2.22. The molecule has 0 spiro atoms. The van der Waals surface area contributed by atoms with E-state index in [2.05, 4.69) is 5.32 Å². The minimum absolute atomic E-state index is 0.0897. The molecule has 4 rings (SSSR count). The Labute approximate surface area is 176 Å². The fourth-order valence-corrected chi connectivity index (χ4v) is 6.77. The van der Waals surface area contributed by atoms with E-state index in [0.29, 0.717) is 22.9 Å². The second kappa shape index (κ2) is 7.21. The van der Waals surface area contributed by atoms with E-state index >= 15 is 0 Å². The topological polar surface area (TPSA) is 104 Å². The van der Waals surface area contributed by atoms with Crippen LogP contribution in [0.4, 0.5) is 5.69 Å². The molecule has 11 heteroatoms. The number of fused-ring (bicyclic) bond motifs is 1. The molecule has 1 aromatic heterocycles. The normalized spacial score (nSPS) is 19.7. The predicted molar refractivity (Wildman–Crippen MR) is 108 cm³/mol. The van der Waals surface area contributed by atoms with Gasteiger partial charge in [0.15, 0.2) is 0 Å². The van der Waals surface area contributed by atoms with Crippen LogP contribution >= 0.6 is 22.9 Å². The molecule has 1 saturated heterocycles. The van der Waals surface area contributed by atoms with Crippen molar-refractivity contribution in [1.29, 1.82) is 0 Å². The predicted octanol–water partition coefficient (Wildman–Crippen LogP) is 2.42. The second-order valence-electron chi connectivity index (χ2n) is 6.75. The molecule has 1 aromatic carbocycles. The molecule has 2 aromatic rings. The number of nitrogens with one attached hydrogen (secondary N) is 1. The Kier molecular flexibility index (Phi) is 4.97. The van der Waals surface area contributed by atoms with Gasteiger partial charge in [0, 0.05) is 19.3 Å². The zero-order valence-electron chi connectivity index (χ0n) is 15.2. The van der Waals surface area contributed by atoms with Crippen LogP contribution in [0.1, 0.15) is 33.6 Å². The first-order valence-electron chi connectivity index (χ1n) is 8.74. The zero-order valence-corrected chi connectivity index (χ0v) is 17.6. The summed E-state index contributed by atoms with van der Waals surface area (Å²) in [4.78, 5) is 37.9. The smallest absolute Gasteiger partial charge is 0.261 e. The quantitative estimate of drug-likeness (QED) is 0.716. The first kappa shape index (κ1) is 20.0. The lowest BCUT2D eigenvalue weighted by atomic mass is 10.1. The third kappa shape index (κ3) is 3.35. The Hall–Kier alpha value is -2.27. The first-order chi connectivity index (χ1) is 13.7. The fourth-order valence-electron chi connectivity index (χ4n) is 3.51. The van der Waals surface area contributed by atoms with Crippen LogP contribution in [0.5, 0.6) is 0 Å². The van der Waals surface area contributed by atoms with Gasteiger partial charge in [-0.25, -0.2) is 8.42 Å². The van der Waals surface area contributed by atoms with Crippen LogP contribution in [0, 0.1) is 0 Å². The Morgan fingerprint density at radius 1 is 1.17 bits per heavy atom. The molecule has 2 aliphatic heterocycles. The maximum atomic E-state index is 12.9. The number of sulfonamides is 1. The van der Waals surface area contributed by atoms with E-state index in [1.54, 1.807) is 0 Å². The van der Waals surface area contributed by atoms with Gasteiger partial charge in [-0.15, -0.1) is 11.3 Å². The molecule has 1 atom stereocenters. The van der Waals surface area contributed by atoms with Crippen molar-refractivity contribution in [2.24, 2.45) is 0 Å². The van der Waals surface area contributed by atoms with Crippen LogP contribution in [0.25, 0.3) is 0 Å². The van der Waals surface area contributed by atoms with Gasteiger partial charge < -0.3 is 5.32 Å². The van der Waals surface area contributed by atoms with Crippen molar-refractivity contribution < 1.29 is 22.8 Å². The van der Waals surface area contributed by atoms with Gasteiger partial charge in [0.05, 0.1) is 15.5 Å². The monoisotopic (exact) mass is 453 g/mol. The number of benzene rings is 1. The van der Waals surface area contributed by atoms with E-state index in [-0.39, 0.29) is 21.9 Å². The minimum Gasteiger partial charge on any atom is -0.325 e. The van der Waals surface area contributed by atoms with Crippen molar-refractivity contribution in [2.75, 3.05) is 18.9 Å². The number of nitrogens with zero attached hydrogens (tertiary/aromatic N) is 2. The van der Waals surface area contributed by atoms with E-state index in [0.717, 1.165) is 16.2 Å². The molecule has 1 N–H and O–H groups in total. The van der Waals surface area contributed by atoms with Crippen LogP contribution in [-0.4, -0.2) is 55.0 Å². The first-order valence-corrected chi connectivity index (χ1v) is 11.4. The molecule has 152 valence electrons. The third-order valence-electron chi connectivity index (χ3n) is 4.98. The van der Waals surface area contributed by atoms with Crippen LogP contribution in [-0.2, 0) is 14.8 Å². The fraction of sp³-hybridized carbons (Fsp3) is 0.278. The average Bonchev–Trinajstić information content (AvgIpc) is 3.39. The lowest BCUT2D eigenvalue weighted by Crippen LogP contribution is -2.42. The summed E-state index contributed by atoms with van der Waals surface area (Å²) in [5.41, 5.74) is 0.809. The molecule has 8 nitrogen and oxygen atoms in total. The van der Waals surface area contributed by atoms with Gasteiger partial charge in [0.25, 0.3) is 21.8 Å². The second-order valence-corrected chi connectivity index (χ2v) is 10.6. The van der Waals surface area contributed by atoms with Gasteiger partial charge in [-0.2, -0.15) is 4.31 Å². The van der Waals surface area contributed by atoms with Crippen LogP contribution in [0.2, 0.25) is 4.34 Å². The number of halogens is 1. The van der Waals surface area contributed by atoms with Gasteiger partial charge >= 0.3 is 0 Å². The van der Waals surface area contributed by atoms with Crippen molar-refractivity contribution in [3.8, 4) is 0 Å². The molecule has 0 saturated carbocycles. The third-order valence-corrected chi connectivity index (χ3v) is 8.58. The minimum atomic E-state index is -3.84. The lowest BCUT2D eigenvalue weighted by molar-refractivity contribution is -0.119. The van der Waals surface area contributed by atoms with E-state index in [9.17, 15) is 22.8 Å². The Bertz CT molecular complexity index is 1140. The molecular formula is C18H16ClN3O5S2. The summed E-state index contributed by atoms with van der Waals surface area (Å²) < 4.78 is 27.4. The summed E-state index contributed by atoms with van der Waals surface area (Å²) in [6, 6.07) is 6.50. The Balaban J connectivity index is 1.56. The molecule has 0 radical (unpaired) electrons. The molecule has 2 aliphatic rings. The van der Waals surface area contributed by atoms with Crippen molar-refractivity contribution >= 4 is 56.4 Å². The average molecular weight is 454 g/mol. The van der Waals surface area contributed by atoms with Crippen LogP contribution < -0.4 is 5.32 Å². The number of thiophene rings is 1. The van der Waals surface area contributed by atoms with Gasteiger partial charge in [0.2, 0.25) is 5.91 Å². The molecule has 1 fully saturated rings. The van der Waals surface area contributed by atoms with Crippen molar-refractivity contribution in [1.82, 2.24) is 9.21 Å². The molecule has 0 aliphatic carbocycles. The maximum absolute atomic E-state index is 12.9. The van der Waals surface area contributed by atoms with E-state index < -0.39 is 33.8 Å². The summed E-state index contributed by atoms with van der Waals surface area (Å²) in [5.74, 6) is -1.33. The van der Waals surface area contributed by atoms with E-state index in [1.807, 2.05) is 0 Å². The summed E-state index contributed by atoms with van der Waals surface area (Å²) in [6.07, 6.45) is 0.938. The summed E-state index contributed by atoms with van der Waals surface area (Å²) in [5, 5.41) is 2.67. The van der Waals surface area contributed by atoms with Gasteiger partial charge in [0.1, 0.15) is 10.3 Å².